The number of aryl methyl sites for hydroxylation is 1. The lowest BCUT2D eigenvalue weighted by molar-refractivity contribution is 0.524. The summed E-state index contributed by atoms with van der Waals surface area (Å²) in [6.07, 6.45) is 0. The average Bonchev–Trinajstić information content (AvgIpc) is 2.43. The van der Waals surface area contributed by atoms with Crippen LogP contribution < -0.4 is 5.76 Å². The van der Waals surface area contributed by atoms with E-state index in [0.29, 0.717) is 5.92 Å². The number of benzene rings is 1. The molecular weight excluding hydrogens is 178 g/mol. The predicted molar refractivity (Wildman–Crippen MR) is 55.5 cm³/mol. The van der Waals surface area contributed by atoms with E-state index in [1.54, 1.807) is 7.05 Å². The van der Waals surface area contributed by atoms with Gasteiger partial charge in [0.1, 0.15) is 0 Å². The quantitative estimate of drug-likeness (QED) is 0.693. The Bertz CT molecular complexity index is 520. The molecule has 0 bridgehead atoms. The van der Waals surface area contributed by atoms with Crippen molar-refractivity contribution in [2.75, 3.05) is 0 Å². The summed E-state index contributed by atoms with van der Waals surface area (Å²) in [6.45, 7) is 4.17. The van der Waals surface area contributed by atoms with Crippen LogP contribution in [0.2, 0.25) is 0 Å². The fraction of sp³-hybridized carbons (Fsp3) is 0.364. The zero-order chi connectivity index (χ0) is 10.3. The molecule has 1 heterocycles. The molecule has 0 N–H and O–H groups in total. The number of hydrogen-bond donors (Lipinski definition) is 0. The highest BCUT2D eigenvalue weighted by Gasteiger charge is 2.11. The standard InChI is InChI=1S/C11H13NO2/c1-7(2)8-5-4-6-9-10(8)14-11(13)12(9)3/h4-7H,1-3H3. The molecule has 2 rings (SSSR count). The minimum absolute atomic E-state index is 0.298. The Morgan fingerprint density at radius 3 is 2.71 bits per heavy atom. The molecule has 0 amide bonds. The van der Waals surface area contributed by atoms with Crippen LogP contribution in [0.3, 0.4) is 0 Å². The molecule has 0 unspecified atom stereocenters. The average molecular weight is 191 g/mol. The van der Waals surface area contributed by atoms with E-state index in [4.69, 9.17) is 4.42 Å². The van der Waals surface area contributed by atoms with Gasteiger partial charge in [0.05, 0.1) is 5.52 Å². The summed E-state index contributed by atoms with van der Waals surface area (Å²) in [5, 5.41) is 0. The summed E-state index contributed by atoms with van der Waals surface area (Å²) in [4.78, 5) is 11.3. The van der Waals surface area contributed by atoms with Gasteiger partial charge in [-0.3, -0.25) is 4.57 Å². The van der Waals surface area contributed by atoms with Crippen LogP contribution in [0.15, 0.2) is 27.4 Å². The summed E-state index contributed by atoms with van der Waals surface area (Å²) < 4.78 is 6.73. The van der Waals surface area contributed by atoms with Crippen molar-refractivity contribution >= 4 is 11.1 Å². The summed E-state index contributed by atoms with van der Waals surface area (Å²) in [5.41, 5.74) is 2.66. The molecule has 0 spiro atoms. The van der Waals surface area contributed by atoms with Crippen molar-refractivity contribution in [3.63, 3.8) is 0 Å². The van der Waals surface area contributed by atoms with Crippen LogP contribution >= 0.6 is 0 Å². The van der Waals surface area contributed by atoms with Crippen LogP contribution in [0.4, 0.5) is 0 Å². The number of nitrogens with zero attached hydrogens (tertiary/aromatic N) is 1. The third kappa shape index (κ3) is 1.16. The largest absolute Gasteiger partial charge is 0.419 e. The Morgan fingerprint density at radius 1 is 1.36 bits per heavy atom. The SMILES string of the molecule is CC(C)c1cccc2c1oc(=O)n2C. The van der Waals surface area contributed by atoms with Crippen molar-refractivity contribution in [2.24, 2.45) is 7.05 Å². The Kier molecular flexibility index (Phi) is 1.95. The van der Waals surface area contributed by atoms with Gasteiger partial charge in [0.25, 0.3) is 0 Å². The molecule has 3 heteroatoms. The Labute approximate surface area is 82.0 Å². The van der Waals surface area contributed by atoms with E-state index < -0.39 is 0 Å². The van der Waals surface area contributed by atoms with Crippen molar-refractivity contribution in [1.29, 1.82) is 0 Å². The molecule has 0 atom stereocenters. The van der Waals surface area contributed by atoms with Crippen molar-refractivity contribution in [3.8, 4) is 0 Å². The molecule has 2 aromatic rings. The van der Waals surface area contributed by atoms with Crippen LogP contribution in [0, 0.1) is 0 Å². The minimum atomic E-state index is -0.298. The lowest BCUT2D eigenvalue weighted by Crippen LogP contribution is -2.08. The van der Waals surface area contributed by atoms with Crippen LogP contribution in [0.1, 0.15) is 25.3 Å². The molecular formula is C11H13NO2. The zero-order valence-corrected chi connectivity index (χ0v) is 8.57. The number of fused-ring (bicyclic) bond motifs is 1. The van der Waals surface area contributed by atoms with Crippen LogP contribution in [-0.4, -0.2) is 4.57 Å². The fourth-order valence-corrected chi connectivity index (χ4v) is 1.63. The lowest BCUT2D eigenvalue weighted by Gasteiger charge is -2.04. The van der Waals surface area contributed by atoms with E-state index in [1.165, 1.54) is 4.57 Å². The Hall–Kier alpha value is -1.51. The summed E-state index contributed by atoms with van der Waals surface area (Å²) in [5.74, 6) is 0.0670. The van der Waals surface area contributed by atoms with Gasteiger partial charge < -0.3 is 4.42 Å². The molecule has 3 nitrogen and oxygen atoms in total. The molecule has 14 heavy (non-hydrogen) atoms. The Morgan fingerprint density at radius 2 is 2.07 bits per heavy atom. The van der Waals surface area contributed by atoms with E-state index in [2.05, 4.69) is 13.8 Å². The fourth-order valence-electron chi connectivity index (χ4n) is 1.63. The van der Waals surface area contributed by atoms with Gasteiger partial charge in [-0.1, -0.05) is 26.0 Å². The molecule has 0 aliphatic rings. The van der Waals surface area contributed by atoms with Crippen molar-refractivity contribution < 1.29 is 4.42 Å². The van der Waals surface area contributed by atoms with Crippen molar-refractivity contribution in [2.45, 2.75) is 19.8 Å². The molecule has 0 aliphatic heterocycles. The van der Waals surface area contributed by atoms with Crippen molar-refractivity contribution in [3.05, 3.63) is 34.3 Å². The maximum absolute atomic E-state index is 11.3. The molecule has 0 fully saturated rings. The first-order valence-corrected chi connectivity index (χ1v) is 4.69. The molecule has 74 valence electrons. The molecule has 1 aromatic heterocycles. The molecule has 0 saturated heterocycles. The first-order valence-electron chi connectivity index (χ1n) is 4.69. The number of oxazole rings is 1. The second kappa shape index (κ2) is 3.01. The van der Waals surface area contributed by atoms with Gasteiger partial charge in [-0.25, -0.2) is 4.79 Å². The summed E-state index contributed by atoms with van der Waals surface area (Å²) in [7, 11) is 1.72. The Balaban J connectivity index is 2.88. The van der Waals surface area contributed by atoms with Gasteiger partial charge >= 0.3 is 5.76 Å². The van der Waals surface area contributed by atoms with E-state index in [9.17, 15) is 4.79 Å². The zero-order valence-electron chi connectivity index (χ0n) is 8.57. The first kappa shape index (κ1) is 9.06. The maximum Gasteiger partial charge on any atom is 0.419 e. The molecule has 0 radical (unpaired) electrons. The third-order valence-electron chi connectivity index (χ3n) is 2.47. The van der Waals surface area contributed by atoms with E-state index in [0.717, 1.165) is 16.7 Å². The maximum atomic E-state index is 11.3. The smallest absolute Gasteiger partial charge is 0.407 e. The number of hydrogen-bond acceptors (Lipinski definition) is 2. The molecule has 1 aromatic carbocycles. The van der Waals surface area contributed by atoms with E-state index >= 15 is 0 Å². The van der Waals surface area contributed by atoms with E-state index in [1.807, 2.05) is 18.2 Å². The summed E-state index contributed by atoms with van der Waals surface area (Å²) >= 11 is 0. The highest BCUT2D eigenvalue weighted by Crippen LogP contribution is 2.23. The van der Waals surface area contributed by atoms with Gasteiger partial charge in [-0.15, -0.1) is 0 Å². The third-order valence-corrected chi connectivity index (χ3v) is 2.47. The molecule has 0 saturated carbocycles. The minimum Gasteiger partial charge on any atom is -0.407 e. The first-order chi connectivity index (χ1) is 6.61. The van der Waals surface area contributed by atoms with Gasteiger partial charge in [0.2, 0.25) is 0 Å². The summed E-state index contributed by atoms with van der Waals surface area (Å²) in [6, 6.07) is 5.84. The highest BCUT2D eigenvalue weighted by atomic mass is 16.4. The predicted octanol–water partition coefficient (Wildman–Crippen LogP) is 2.25. The van der Waals surface area contributed by atoms with E-state index in [-0.39, 0.29) is 5.76 Å². The van der Waals surface area contributed by atoms with Crippen LogP contribution in [-0.2, 0) is 7.05 Å². The topological polar surface area (TPSA) is 35.1 Å². The van der Waals surface area contributed by atoms with Gasteiger partial charge in [-0.2, -0.15) is 0 Å². The lowest BCUT2D eigenvalue weighted by atomic mass is 10.0. The van der Waals surface area contributed by atoms with Crippen molar-refractivity contribution in [1.82, 2.24) is 4.57 Å². The number of aromatic nitrogens is 1. The van der Waals surface area contributed by atoms with Crippen LogP contribution in [0.25, 0.3) is 11.1 Å². The number of para-hydroxylation sites is 1. The highest BCUT2D eigenvalue weighted by molar-refractivity contribution is 5.77. The van der Waals surface area contributed by atoms with Gasteiger partial charge in [0.15, 0.2) is 5.58 Å². The second-order valence-electron chi connectivity index (χ2n) is 3.78. The van der Waals surface area contributed by atoms with Gasteiger partial charge in [-0.05, 0) is 17.5 Å². The van der Waals surface area contributed by atoms with Gasteiger partial charge in [0, 0.05) is 7.05 Å². The van der Waals surface area contributed by atoms with Crippen LogP contribution in [0.5, 0.6) is 0 Å². The normalized spacial score (nSPS) is 11.4. The second-order valence-corrected chi connectivity index (χ2v) is 3.78. The monoisotopic (exact) mass is 191 g/mol. The number of rotatable bonds is 1. The molecule has 0 aliphatic carbocycles.